The average Bonchev–Trinajstić information content (AvgIpc) is 2.92. The number of hydrogen-bond donors (Lipinski definition) is 2. The van der Waals surface area contributed by atoms with Crippen molar-refractivity contribution in [2.24, 2.45) is 11.8 Å². The highest BCUT2D eigenvalue weighted by molar-refractivity contribution is 5.93. The molecule has 1 aliphatic carbocycles. The first kappa shape index (κ1) is 16.3. The number of benzene rings is 1. The van der Waals surface area contributed by atoms with Gasteiger partial charge in [0.25, 0.3) is 0 Å². The van der Waals surface area contributed by atoms with Gasteiger partial charge in [-0.2, -0.15) is 0 Å². The SMILES string of the molecule is CC(C)CC(=O)Nc1ccc(NC(=O)CC2C=CCC2)cc1. The molecular formula is C18H24N2O2. The van der Waals surface area contributed by atoms with Crippen LogP contribution in [0.4, 0.5) is 11.4 Å². The normalized spacial score (nSPS) is 16.8. The van der Waals surface area contributed by atoms with Gasteiger partial charge in [-0.05, 0) is 48.9 Å². The molecule has 0 aliphatic heterocycles. The maximum absolute atomic E-state index is 11.9. The van der Waals surface area contributed by atoms with Crippen LogP contribution in [0.3, 0.4) is 0 Å². The molecule has 1 aliphatic rings. The number of carbonyl (C=O) groups is 2. The highest BCUT2D eigenvalue weighted by Gasteiger charge is 2.14. The predicted octanol–water partition coefficient (Wildman–Crippen LogP) is 3.97. The summed E-state index contributed by atoms with van der Waals surface area (Å²) in [6, 6.07) is 7.24. The van der Waals surface area contributed by atoms with Crippen molar-refractivity contribution in [2.45, 2.75) is 39.5 Å². The molecule has 1 aromatic carbocycles. The lowest BCUT2D eigenvalue weighted by atomic mass is 10.1. The fraction of sp³-hybridized carbons (Fsp3) is 0.444. The van der Waals surface area contributed by atoms with Crippen LogP contribution >= 0.6 is 0 Å². The lowest BCUT2D eigenvalue weighted by molar-refractivity contribution is -0.117. The van der Waals surface area contributed by atoms with Gasteiger partial charge >= 0.3 is 0 Å². The van der Waals surface area contributed by atoms with Gasteiger partial charge in [0.15, 0.2) is 0 Å². The molecule has 1 atom stereocenters. The molecular weight excluding hydrogens is 276 g/mol. The van der Waals surface area contributed by atoms with Crippen LogP contribution in [0.5, 0.6) is 0 Å². The van der Waals surface area contributed by atoms with Crippen molar-refractivity contribution in [2.75, 3.05) is 10.6 Å². The summed E-state index contributed by atoms with van der Waals surface area (Å²) >= 11 is 0. The topological polar surface area (TPSA) is 58.2 Å². The molecule has 2 N–H and O–H groups in total. The van der Waals surface area contributed by atoms with Crippen molar-refractivity contribution in [3.8, 4) is 0 Å². The number of anilines is 2. The zero-order chi connectivity index (χ0) is 15.9. The van der Waals surface area contributed by atoms with Crippen LogP contribution in [0.1, 0.15) is 39.5 Å². The van der Waals surface area contributed by atoms with Gasteiger partial charge in [-0.15, -0.1) is 0 Å². The van der Waals surface area contributed by atoms with Crippen LogP contribution in [0, 0.1) is 11.8 Å². The fourth-order valence-corrected chi connectivity index (χ4v) is 2.54. The van der Waals surface area contributed by atoms with E-state index >= 15 is 0 Å². The molecule has 0 heterocycles. The first-order chi connectivity index (χ1) is 10.5. The van der Waals surface area contributed by atoms with E-state index in [1.54, 1.807) is 0 Å². The maximum Gasteiger partial charge on any atom is 0.224 e. The van der Waals surface area contributed by atoms with E-state index < -0.39 is 0 Å². The number of carbonyl (C=O) groups excluding carboxylic acids is 2. The minimum atomic E-state index is 0.0137. The summed E-state index contributed by atoms with van der Waals surface area (Å²) in [7, 11) is 0. The summed E-state index contributed by atoms with van der Waals surface area (Å²) in [4.78, 5) is 23.6. The van der Waals surface area contributed by atoms with Gasteiger partial charge in [0.1, 0.15) is 0 Å². The maximum atomic E-state index is 11.9. The summed E-state index contributed by atoms with van der Waals surface area (Å²) in [5, 5.41) is 5.75. The summed E-state index contributed by atoms with van der Waals surface area (Å²) in [5.74, 6) is 0.755. The summed E-state index contributed by atoms with van der Waals surface area (Å²) in [5.41, 5.74) is 1.51. The highest BCUT2D eigenvalue weighted by Crippen LogP contribution is 2.21. The molecule has 22 heavy (non-hydrogen) atoms. The van der Waals surface area contributed by atoms with E-state index in [1.807, 2.05) is 38.1 Å². The first-order valence-corrected chi connectivity index (χ1v) is 7.89. The minimum Gasteiger partial charge on any atom is -0.326 e. The summed E-state index contributed by atoms with van der Waals surface area (Å²) < 4.78 is 0. The zero-order valence-corrected chi connectivity index (χ0v) is 13.3. The van der Waals surface area contributed by atoms with Crippen molar-refractivity contribution in [1.82, 2.24) is 0 Å². The summed E-state index contributed by atoms with van der Waals surface area (Å²) in [6.45, 7) is 4.02. The molecule has 2 amide bonds. The lowest BCUT2D eigenvalue weighted by Gasteiger charge is -2.10. The van der Waals surface area contributed by atoms with E-state index in [4.69, 9.17) is 0 Å². The third-order valence-corrected chi connectivity index (χ3v) is 3.61. The Balaban J connectivity index is 1.82. The molecule has 4 heteroatoms. The van der Waals surface area contributed by atoms with Crippen LogP contribution in [0.25, 0.3) is 0 Å². The second-order valence-corrected chi connectivity index (χ2v) is 6.24. The Kier molecular flexibility index (Phi) is 5.75. The van der Waals surface area contributed by atoms with E-state index in [9.17, 15) is 9.59 Å². The van der Waals surface area contributed by atoms with E-state index in [2.05, 4.69) is 22.8 Å². The van der Waals surface area contributed by atoms with Gasteiger partial charge in [-0.3, -0.25) is 9.59 Å². The van der Waals surface area contributed by atoms with Crippen LogP contribution < -0.4 is 10.6 Å². The van der Waals surface area contributed by atoms with E-state index in [0.717, 1.165) is 24.2 Å². The third kappa shape index (κ3) is 5.35. The van der Waals surface area contributed by atoms with Gasteiger partial charge in [0.05, 0.1) is 0 Å². The predicted molar refractivity (Wildman–Crippen MR) is 89.6 cm³/mol. The fourth-order valence-electron chi connectivity index (χ4n) is 2.54. The van der Waals surface area contributed by atoms with Crippen LogP contribution in [-0.4, -0.2) is 11.8 Å². The zero-order valence-electron chi connectivity index (χ0n) is 13.3. The number of nitrogens with one attached hydrogen (secondary N) is 2. The van der Waals surface area contributed by atoms with Crippen LogP contribution in [0.15, 0.2) is 36.4 Å². The molecule has 118 valence electrons. The third-order valence-electron chi connectivity index (χ3n) is 3.61. The van der Waals surface area contributed by atoms with Gasteiger partial charge in [-0.25, -0.2) is 0 Å². The molecule has 0 bridgehead atoms. The van der Waals surface area contributed by atoms with Crippen molar-refractivity contribution in [3.63, 3.8) is 0 Å². The highest BCUT2D eigenvalue weighted by atomic mass is 16.2. The molecule has 2 rings (SSSR count). The van der Waals surface area contributed by atoms with Gasteiger partial charge < -0.3 is 10.6 Å². The molecule has 0 radical (unpaired) electrons. The Hall–Kier alpha value is -2.10. The van der Waals surface area contributed by atoms with Crippen LogP contribution in [0.2, 0.25) is 0 Å². The van der Waals surface area contributed by atoms with Gasteiger partial charge in [0.2, 0.25) is 11.8 Å². The van der Waals surface area contributed by atoms with Gasteiger partial charge in [-0.1, -0.05) is 26.0 Å². The smallest absolute Gasteiger partial charge is 0.224 e. The minimum absolute atomic E-state index is 0.0137. The second-order valence-electron chi connectivity index (χ2n) is 6.24. The molecule has 0 aromatic heterocycles. The van der Waals surface area contributed by atoms with Gasteiger partial charge in [0, 0.05) is 24.2 Å². The number of allylic oxidation sites excluding steroid dienone is 2. The number of amides is 2. The second kappa shape index (κ2) is 7.78. The Bertz CT molecular complexity index is 547. The van der Waals surface area contributed by atoms with E-state index in [-0.39, 0.29) is 11.8 Å². The van der Waals surface area contributed by atoms with E-state index in [0.29, 0.717) is 24.7 Å². The molecule has 0 spiro atoms. The summed E-state index contributed by atoms with van der Waals surface area (Å²) in [6.07, 6.45) is 7.42. The molecule has 4 nitrogen and oxygen atoms in total. The first-order valence-electron chi connectivity index (χ1n) is 7.89. The van der Waals surface area contributed by atoms with Crippen LogP contribution in [-0.2, 0) is 9.59 Å². The largest absolute Gasteiger partial charge is 0.326 e. The molecule has 0 saturated carbocycles. The Morgan fingerprint density at radius 2 is 1.68 bits per heavy atom. The number of rotatable bonds is 6. The molecule has 0 saturated heterocycles. The average molecular weight is 300 g/mol. The Morgan fingerprint density at radius 1 is 1.09 bits per heavy atom. The molecule has 0 fully saturated rings. The van der Waals surface area contributed by atoms with Crippen molar-refractivity contribution in [1.29, 1.82) is 0 Å². The van der Waals surface area contributed by atoms with Crippen molar-refractivity contribution in [3.05, 3.63) is 36.4 Å². The standard InChI is InChI=1S/C18H24N2O2/c1-13(2)11-17(21)19-15-7-9-16(10-8-15)20-18(22)12-14-5-3-4-6-14/h3,5,7-10,13-14H,4,6,11-12H2,1-2H3,(H,19,21)(H,20,22). The monoisotopic (exact) mass is 300 g/mol. The number of hydrogen-bond acceptors (Lipinski definition) is 2. The Morgan fingerprint density at radius 3 is 2.18 bits per heavy atom. The molecule has 1 aromatic rings. The Labute approximate surface area is 132 Å². The van der Waals surface area contributed by atoms with E-state index in [1.165, 1.54) is 0 Å². The van der Waals surface area contributed by atoms with Crippen molar-refractivity contribution < 1.29 is 9.59 Å². The molecule has 1 unspecified atom stereocenters. The quantitative estimate of drug-likeness (QED) is 0.781. The lowest BCUT2D eigenvalue weighted by Crippen LogP contribution is -2.15. The van der Waals surface area contributed by atoms with Crippen molar-refractivity contribution >= 4 is 23.2 Å².